The number of benzene rings is 2. The van der Waals surface area contributed by atoms with Crippen LogP contribution in [0.25, 0.3) is 0 Å². The van der Waals surface area contributed by atoms with Crippen molar-refractivity contribution in [2.75, 3.05) is 13.7 Å². The zero-order valence-electron chi connectivity index (χ0n) is 14.7. The molecule has 0 aliphatic heterocycles. The van der Waals surface area contributed by atoms with Crippen molar-refractivity contribution < 1.29 is 24.2 Å². The molecule has 6 heteroatoms. The lowest BCUT2D eigenvalue weighted by molar-refractivity contribution is -0.137. The van der Waals surface area contributed by atoms with Gasteiger partial charge in [0.15, 0.2) is 6.61 Å². The predicted octanol–water partition coefficient (Wildman–Crippen LogP) is 2.67. The minimum atomic E-state index is -0.884. The maximum absolute atomic E-state index is 12.2. The molecule has 138 valence electrons. The van der Waals surface area contributed by atoms with Gasteiger partial charge in [-0.05, 0) is 30.5 Å². The van der Waals surface area contributed by atoms with Crippen LogP contribution in [0.2, 0.25) is 0 Å². The Kier molecular flexibility index (Phi) is 7.49. The Hall–Kier alpha value is -3.02. The van der Waals surface area contributed by atoms with Gasteiger partial charge in [0.2, 0.25) is 0 Å². The first kappa shape index (κ1) is 19.3. The highest BCUT2D eigenvalue weighted by atomic mass is 16.5. The third kappa shape index (κ3) is 6.84. The van der Waals surface area contributed by atoms with Gasteiger partial charge in [-0.1, -0.05) is 36.4 Å². The van der Waals surface area contributed by atoms with Crippen LogP contribution in [0.3, 0.4) is 0 Å². The van der Waals surface area contributed by atoms with Crippen LogP contribution in [0, 0.1) is 0 Å². The van der Waals surface area contributed by atoms with E-state index >= 15 is 0 Å². The number of carbonyl (C=O) groups is 2. The summed E-state index contributed by atoms with van der Waals surface area (Å²) in [6.07, 6.45) is 0.919. The van der Waals surface area contributed by atoms with E-state index in [4.69, 9.17) is 14.6 Å². The molecule has 1 unspecified atom stereocenters. The molecule has 0 aromatic heterocycles. The summed E-state index contributed by atoms with van der Waals surface area (Å²) < 4.78 is 10.6. The maximum Gasteiger partial charge on any atom is 0.303 e. The van der Waals surface area contributed by atoms with E-state index in [1.54, 1.807) is 31.4 Å². The number of hydrogen-bond donors (Lipinski definition) is 2. The van der Waals surface area contributed by atoms with Gasteiger partial charge in [-0.2, -0.15) is 0 Å². The largest absolute Gasteiger partial charge is 0.497 e. The van der Waals surface area contributed by atoms with E-state index in [0.29, 0.717) is 24.3 Å². The number of amides is 1. The van der Waals surface area contributed by atoms with Crippen LogP contribution in [0.5, 0.6) is 11.5 Å². The minimum absolute atomic E-state index is 0.00544. The standard InChI is InChI=1S/C20H23NO5/c1-25-17-8-5-9-18(13-17)26-14-19(22)21-16(10-11-20(23)24)12-15-6-3-2-4-7-15/h2-9,13,16H,10-12,14H2,1H3,(H,21,22)(H,23,24). The maximum atomic E-state index is 12.2. The highest BCUT2D eigenvalue weighted by Crippen LogP contribution is 2.18. The van der Waals surface area contributed by atoms with Crippen LogP contribution in [0.1, 0.15) is 18.4 Å². The lowest BCUT2D eigenvalue weighted by atomic mass is 10.0. The molecule has 0 fully saturated rings. The van der Waals surface area contributed by atoms with Crippen molar-refractivity contribution in [1.82, 2.24) is 5.32 Å². The molecule has 2 aromatic rings. The molecule has 0 saturated heterocycles. The summed E-state index contributed by atoms with van der Waals surface area (Å²) in [5.74, 6) is 0.0000434. The van der Waals surface area contributed by atoms with E-state index in [1.807, 2.05) is 30.3 Å². The molecule has 0 aliphatic rings. The summed E-state index contributed by atoms with van der Waals surface area (Å²) in [5.41, 5.74) is 1.04. The smallest absolute Gasteiger partial charge is 0.303 e. The molecule has 1 amide bonds. The number of hydrogen-bond acceptors (Lipinski definition) is 4. The van der Waals surface area contributed by atoms with Crippen LogP contribution < -0.4 is 14.8 Å². The van der Waals surface area contributed by atoms with Crippen molar-refractivity contribution in [2.45, 2.75) is 25.3 Å². The average molecular weight is 357 g/mol. The van der Waals surface area contributed by atoms with Crippen LogP contribution in [0.4, 0.5) is 0 Å². The second-order valence-electron chi connectivity index (χ2n) is 5.85. The first-order valence-electron chi connectivity index (χ1n) is 8.38. The van der Waals surface area contributed by atoms with Gasteiger partial charge in [0, 0.05) is 18.5 Å². The van der Waals surface area contributed by atoms with Gasteiger partial charge in [-0.25, -0.2) is 0 Å². The molecule has 2 N–H and O–H groups in total. The molecule has 0 radical (unpaired) electrons. The second kappa shape index (κ2) is 10.1. The third-order valence-corrected chi connectivity index (χ3v) is 3.81. The van der Waals surface area contributed by atoms with Crippen molar-refractivity contribution in [3.8, 4) is 11.5 Å². The molecule has 1 atom stereocenters. The topological polar surface area (TPSA) is 84.9 Å². The summed E-state index contributed by atoms with van der Waals surface area (Å²) >= 11 is 0. The Balaban J connectivity index is 1.90. The van der Waals surface area contributed by atoms with Gasteiger partial charge in [0.1, 0.15) is 11.5 Å². The Morgan fingerprint density at radius 2 is 1.81 bits per heavy atom. The number of rotatable bonds is 10. The molecular weight excluding hydrogens is 334 g/mol. The Morgan fingerprint density at radius 1 is 1.08 bits per heavy atom. The zero-order chi connectivity index (χ0) is 18.8. The molecule has 26 heavy (non-hydrogen) atoms. The SMILES string of the molecule is COc1cccc(OCC(=O)NC(CCC(=O)O)Cc2ccccc2)c1. The quantitative estimate of drug-likeness (QED) is 0.683. The third-order valence-electron chi connectivity index (χ3n) is 3.81. The summed E-state index contributed by atoms with van der Waals surface area (Å²) in [5, 5.41) is 11.8. The normalized spacial score (nSPS) is 11.4. The van der Waals surface area contributed by atoms with Gasteiger partial charge >= 0.3 is 5.97 Å². The fraction of sp³-hybridized carbons (Fsp3) is 0.300. The number of methoxy groups -OCH3 is 1. The Morgan fingerprint density at radius 3 is 2.50 bits per heavy atom. The van der Waals surface area contributed by atoms with Gasteiger partial charge < -0.3 is 19.9 Å². The molecule has 0 aliphatic carbocycles. The number of carboxylic acid groups (broad SMARTS) is 1. The Labute approximate surface area is 152 Å². The molecule has 2 aromatic carbocycles. The fourth-order valence-corrected chi connectivity index (χ4v) is 2.53. The van der Waals surface area contributed by atoms with Crippen molar-refractivity contribution in [2.24, 2.45) is 0 Å². The molecule has 0 spiro atoms. The first-order chi connectivity index (χ1) is 12.6. The van der Waals surface area contributed by atoms with Crippen molar-refractivity contribution in [1.29, 1.82) is 0 Å². The molecule has 2 rings (SSSR count). The molecular formula is C20H23NO5. The van der Waals surface area contributed by atoms with E-state index in [2.05, 4.69) is 5.32 Å². The first-order valence-corrected chi connectivity index (χ1v) is 8.38. The predicted molar refractivity (Wildman–Crippen MR) is 97.4 cm³/mol. The van der Waals surface area contributed by atoms with Crippen molar-refractivity contribution in [3.05, 3.63) is 60.2 Å². The minimum Gasteiger partial charge on any atom is -0.497 e. The van der Waals surface area contributed by atoms with Gasteiger partial charge in [0.05, 0.1) is 7.11 Å². The van der Waals surface area contributed by atoms with Crippen LogP contribution >= 0.6 is 0 Å². The van der Waals surface area contributed by atoms with Crippen LogP contribution in [0.15, 0.2) is 54.6 Å². The van der Waals surface area contributed by atoms with E-state index in [9.17, 15) is 9.59 Å². The van der Waals surface area contributed by atoms with Crippen molar-refractivity contribution >= 4 is 11.9 Å². The highest BCUT2D eigenvalue weighted by Gasteiger charge is 2.15. The van der Waals surface area contributed by atoms with Crippen LogP contribution in [-0.2, 0) is 16.0 Å². The number of carbonyl (C=O) groups excluding carboxylic acids is 1. The van der Waals surface area contributed by atoms with Crippen molar-refractivity contribution in [3.63, 3.8) is 0 Å². The van der Waals surface area contributed by atoms with Gasteiger partial charge in [-0.15, -0.1) is 0 Å². The van der Waals surface area contributed by atoms with E-state index < -0.39 is 5.97 Å². The number of ether oxygens (including phenoxy) is 2. The van der Waals surface area contributed by atoms with E-state index in [-0.39, 0.29) is 25.0 Å². The number of carboxylic acids is 1. The van der Waals surface area contributed by atoms with Gasteiger partial charge in [-0.3, -0.25) is 9.59 Å². The molecule has 0 saturated carbocycles. The lowest BCUT2D eigenvalue weighted by Crippen LogP contribution is -2.39. The van der Waals surface area contributed by atoms with Gasteiger partial charge in [0.25, 0.3) is 5.91 Å². The molecule has 0 bridgehead atoms. The summed E-state index contributed by atoms with van der Waals surface area (Å²) in [4.78, 5) is 23.1. The van der Waals surface area contributed by atoms with E-state index in [1.165, 1.54) is 0 Å². The van der Waals surface area contributed by atoms with E-state index in [0.717, 1.165) is 5.56 Å². The van der Waals surface area contributed by atoms with Crippen LogP contribution in [-0.4, -0.2) is 36.7 Å². The lowest BCUT2D eigenvalue weighted by Gasteiger charge is -2.18. The average Bonchev–Trinajstić information content (AvgIpc) is 2.65. The molecule has 0 heterocycles. The second-order valence-corrected chi connectivity index (χ2v) is 5.85. The zero-order valence-corrected chi connectivity index (χ0v) is 14.7. The Bertz CT molecular complexity index is 717. The monoisotopic (exact) mass is 357 g/mol. The number of aliphatic carboxylic acids is 1. The molecule has 6 nitrogen and oxygen atoms in total. The fourth-order valence-electron chi connectivity index (χ4n) is 2.53. The highest BCUT2D eigenvalue weighted by molar-refractivity contribution is 5.78. The summed E-state index contributed by atoms with van der Waals surface area (Å²) in [7, 11) is 1.56. The number of nitrogens with one attached hydrogen (secondary N) is 1. The summed E-state index contributed by atoms with van der Waals surface area (Å²) in [6, 6.07) is 16.4. The summed E-state index contributed by atoms with van der Waals surface area (Å²) in [6.45, 7) is -0.147.